The standard InChI is InChI=1S/C10H10F9N2/c1-20-2-3-21(4-20)8(15)10(18,19)9(16,17)6(12)5(11)7(13)14/h2-8H,1H3/q+1. The van der Waals surface area contributed by atoms with Gasteiger partial charge in [0.2, 0.25) is 12.5 Å². The number of aryl methyl sites for hydroxylation is 1. The third-order valence-corrected chi connectivity index (χ3v) is 2.66. The smallest absolute Gasteiger partial charge is 0.239 e. The Bertz CT molecular complexity index is 473. The maximum Gasteiger partial charge on any atom is 0.382 e. The molecule has 1 rings (SSSR count). The van der Waals surface area contributed by atoms with Gasteiger partial charge >= 0.3 is 18.1 Å². The molecule has 0 amide bonds. The first-order valence-corrected chi connectivity index (χ1v) is 5.41. The van der Waals surface area contributed by atoms with Crippen LogP contribution in [-0.4, -0.2) is 35.2 Å². The summed E-state index contributed by atoms with van der Waals surface area (Å²) in [4.78, 5) is 0. The second-order valence-electron chi connectivity index (χ2n) is 4.29. The fourth-order valence-corrected chi connectivity index (χ4v) is 1.46. The van der Waals surface area contributed by atoms with Crippen LogP contribution in [0.5, 0.6) is 0 Å². The summed E-state index contributed by atoms with van der Waals surface area (Å²) in [6.07, 6.45) is -14.4. The number of halogens is 9. The Labute approximate surface area is 112 Å². The van der Waals surface area contributed by atoms with E-state index in [4.69, 9.17) is 0 Å². The van der Waals surface area contributed by atoms with Crippen LogP contribution in [0.4, 0.5) is 39.5 Å². The summed E-state index contributed by atoms with van der Waals surface area (Å²) in [5, 5.41) is 0. The van der Waals surface area contributed by atoms with Gasteiger partial charge in [-0.25, -0.2) is 22.1 Å². The van der Waals surface area contributed by atoms with Gasteiger partial charge in [0.15, 0.2) is 6.17 Å². The Morgan fingerprint density at radius 1 is 0.952 bits per heavy atom. The second kappa shape index (κ2) is 5.76. The van der Waals surface area contributed by atoms with Gasteiger partial charge in [-0.2, -0.15) is 26.5 Å². The first-order chi connectivity index (χ1) is 9.42. The molecule has 0 aliphatic heterocycles. The van der Waals surface area contributed by atoms with E-state index >= 15 is 0 Å². The first-order valence-electron chi connectivity index (χ1n) is 5.41. The molecule has 0 aromatic carbocycles. The average molecular weight is 329 g/mol. The number of hydrogen-bond donors (Lipinski definition) is 0. The maximum atomic E-state index is 13.5. The van der Waals surface area contributed by atoms with E-state index in [9.17, 15) is 39.5 Å². The molecular weight excluding hydrogens is 319 g/mol. The van der Waals surface area contributed by atoms with E-state index in [1.165, 1.54) is 7.05 Å². The highest BCUT2D eigenvalue weighted by Crippen LogP contribution is 2.46. The number of hydrogen-bond acceptors (Lipinski definition) is 0. The van der Waals surface area contributed by atoms with Gasteiger partial charge in [-0.05, 0) is 0 Å². The van der Waals surface area contributed by atoms with Crippen molar-refractivity contribution >= 4 is 0 Å². The summed E-state index contributed by atoms with van der Waals surface area (Å²) >= 11 is 0. The van der Waals surface area contributed by atoms with E-state index in [1.807, 2.05) is 0 Å². The Kier molecular flexibility index (Phi) is 4.83. The van der Waals surface area contributed by atoms with Crippen molar-refractivity contribution in [1.29, 1.82) is 0 Å². The van der Waals surface area contributed by atoms with E-state index in [0.29, 0.717) is 12.5 Å². The van der Waals surface area contributed by atoms with Crippen molar-refractivity contribution in [2.75, 3.05) is 0 Å². The lowest BCUT2D eigenvalue weighted by atomic mass is 10.0. The minimum Gasteiger partial charge on any atom is -0.239 e. The van der Waals surface area contributed by atoms with Crippen molar-refractivity contribution in [1.82, 2.24) is 4.57 Å². The minimum absolute atomic E-state index is 0.0176. The third kappa shape index (κ3) is 3.10. The number of rotatable bonds is 6. The number of imidazole rings is 1. The summed E-state index contributed by atoms with van der Waals surface area (Å²) in [6.45, 7) is 0. The lowest BCUT2D eigenvalue weighted by molar-refractivity contribution is -0.770. The SMILES string of the molecule is Cn1cc[n+](C(F)C(F)(F)C(F)(F)C(F)C(F)C(F)F)c1. The van der Waals surface area contributed by atoms with Gasteiger partial charge in [-0.15, -0.1) is 0 Å². The first kappa shape index (κ1) is 17.6. The van der Waals surface area contributed by atoms with Gasteiger partial charge in [0.05, 0.1) is 7.05 Å². The maximum absolute atomic E-state index is 13.5. The molecule has 1 aromatic heterocycles. The summed E-state index contributed by atoms with van der Waals surface area (Å²) < 4.78 is 117. The van der Waals surface area contributed by atoms with E-state index in [-0.39, 0.29) is 4.57 Å². The molecule has 0 aliphatic rings. The number of alkyl halides is 9. The molecule has 3 atom stereocenters. The molecule has 0 spiro atoms. The van der Waals surface area contributed by atoms with Crippen molar-refractivity contribution < 1.29 is 44.1 Å². The van der Waals surface area contributed by atoms with Crippen LogP contribution in [0, 0.1) is 0 Å². The van der Waals surface area contributed by atoms with Crippen LogP contribution in [0.3, 0.4) is 0 Å². The summed E-state index contributed by atoms with van der Waals surface area (Å²) in [7, 11) is 1.26. The molecule has 21 heavy (non-hydrogen) atoms. The quantitative estimate of drug-likeness (QED) is 0.560. The normalized spacial score (nSPS) is 17.9. The van der Waals surface area contributed by atoms with Gasteiger partial charge in [-0.1, -0.05) is 0 Å². The predicted molar refractivity (Wildman–Crippen MR) is 51.4 cm³/mol. The molecule has 0 fully saturated rings. The molecule has 0 saturated carbocycles. The second-order valence-corrected chi connectivity index (χ2v) is 4.29. The zero-order valence-electron chi connectivity index (χ0n) is 10.3. The van der Waals surface area contributed by atoms with Crippen molar-refractivity contribution in [2.24, 2.45) is 7.05 Å². The molecule has 3 unspecified atom stereocenters. The van der Waals surface area contributed by atoms with Crippen LogP contribution in [0.1, 0.15) is 6.30 Å². The van der Waals surface area contributed by atoms with Crippen LogP contribution in [0.25, 0.3) is 0 Å². The molecule has 0 saturated heterocycles. The van der Waals surface area contributed by atoms with E-state index in [2.05, 4.69) is 0 Å². The summed E-state index contributed by atoms with van der Waals surface area (Å²) in [5.74, 6) is -11.7. The summed E-state index contributed by atoms with van der Waals surface area (Å²) in [5.41, 5.74) is 0. The van der Waals surface area contributed by atoms with Gasteiger partial charge in [-0.3, -0.25) is 0 Å². The Morgan fingerprint density at radius 2 is 1.48 bits per heavy atom. The van der Waals surface area contributed by atoms with Crippen LogP contribution < -0.4 is 4.57 Å². The topological polar surface area (TPSA) is 8.81 Å². The third-order valence-electron chi connectivity index (χ3n) is 2.66. The minimum atomic E-state index is -5.97. The van der Waals surface area contributed by atoms with Crippen molar-refractivity contribution in [3.63, 3.8) is 0 Å². The van der Waals surface area contributed by atoms with Gasteiger partial charge in [0.1, 0.15) is 12.4 Å². The highest BCUT2D eigenvalue weighted by Gasteiger charge is 2.71. The zero-order chi connectivity index (χ0) is 16.6. The molecule has 11 heteroatoms. The molecule has 1 heterocycles. The van der Waals surface area contributed by atoms with Crippen molar-refractivity contribution in [3.05, 3.63) is 18.7 Å². The molecule has 0 bridgehead atoms. The van der Waals surface area contributed by atoms with Crippen LogP contribution in [-0.2, 0) is 7.05 Å². The lowest BCUT2D eigenvalue weighted by Crippen LogP contribution is -2.60. The molecule has 122 valence electrons. The fraction of sp³-hybridized carbons (Fsp3) is 0.700. The molecular formula is C10H10F9N2+. The lowest BCUT2D eigenvalue weighted by Gasteiger charge is -2.30. The number of nitrogens with zero attached hydrogens (tertiary/aromatic N) is 2. The zero-order valence-corrected chi connectivity index (χ0v) is 10.3. The Morgan fingerprint density at radius 3 is 1.86 bits per heavy atom. The highest BCUT2D eigenvalue weighted by molar-refractivity contribution is 4.95. The van der Waals surface area contributed by atoms with E-state index in [1.54, 1.807) is 0 Å². The highest BCUT2D eigenvalue weighted by atomic mass is 19.3. The Hall–Kier alpha value is -1.42. The predicted octanol–water partition coefficient (Wildman–Crippen LogP) is 2.99. The monoisotopic (exact) mass is 329 g/mol. The van der Waals surface area contributed by atoms with Crippen molar-refractivity contribution in [3.8, 4) is 0 Å². The molecule has 2 nitrogen and oxygen atoms in total. The van der Waals surface area contributed by atoms with Crippen LogP contribution in [0.2, 0.25) is 0 Å². The van der Waals surface area contributed by atoms with Crippen LogP contribution >= 0.6 is 0 Å². The van der Waals surface area contributed by atoms with Crippen LogP contribution in [0.15, 0.2) is 18.7 Å². The van der Waals surface area contributed by atoms with E-state index in [0.717, 1.165) is 10.8 Å². The largest absolute Gasteiger partial charge is 0.382 e. The van der Waals surface area contributed by atoms with Gasteiger partial charge < -0.3 is 0 Å². The average Bonchev–Trinajstić information content (AvgIpc) is 2.81. The Balaban J connectivity index is 3.08. The van der Waals surface area contributed by atoms with Crippen molar-refractivity contribution in [2.45, 2.75) is 36.9 Å². The molecule has 0 N–H and O–H groups in total. The summed E-state index contributed by atoms with van der Waals surface area (Å²) in [6, 6.07) is 0. The van der Waals surface area contributed by atoms with E-state index < -0.39 is 36.9 Å². The molecule has 0 aliphatic carbocycles. The van der Waals surface area contributed by atoms with Gasteiger partial charge in [0, 0.05) is 0 Å². The molecule has 0 radical (unpaired) electrons. The molecule has 1 aromatic rings. The van der Waals surface area contributed by atoms with Gasteiger partial charge in [0.25, 0.3) is 6.43 Å². The fourth-order valence-electron chi connectivity index (χ4n) is 1.46. The number of aromatic nitrogens is 2.